The second-order valence-corrected chi connectivity index (χ2v) is 7.94. The molecule has 1 aliphatic heterocycles. The van der Waals surface area contributed by atoms with Crippen molar-refractivity contribution in [2.75, 3.05) is 4.90 Å². The van der Waals surface area contributed by atoms with Crippen LogP contribution in [0.15, 0.2) is 60.3 Å². The van der Waals surface area contributed by atoms with Crippen LogP contribution in [0.1, 0.15) is 19.4 Å². The van der Waals surface area contributed by atoms with Gasteiger partial charge in [-0.2, -0.15) is 0 Å². The van der Waals surface area contributed by atoms with Gasteiger partial charge in [-0.05, 0) is 42.4 Å². The minimum atomic E-state index is -0.658. The van der Waals surface area contributed by atoms with Gasteiger partial charge in [0.25, 0.3) is 11.8 Å². The number of hydrogen-bond acceptors (Lipinski definition) is 3. The molecule has 0 saturated carbocycles. The van der Waals surface area contributed by atoms with Gasteiger partial charge < -0.3 is 4.57 Å². The zero-order chi connectivity index (χ0) is 21.4. The van der Waals surface area contributed by atoms with Crippen LogP contribution in [0.2, 0.25) is 0 Å². The van der Waals surface area contributed by atoms with Crippen molar-refractivity contribution in [1.29, 1.82) is 0 Å². The van der Waals surface area contributed by atoms with Gasteiger partial charge in [-0.1, -0.05) is 44.2 Å². The van der Waals surface area contributed by atoms with E-state index in [1.54, 1.807) is 12.1 Å². The predicted octanol–water partition coefficient (Wildman–Crippen LogP) is 4.27. The number of amides is 2. The third kappa shape index (κ3) is 3.52. The van der Waals surface area contributed by atoms with E-state index in [4.69, 9.17) is 12.2 Å². The summed E-state index contributed by atoms with van der Waals surface area (Å²) in [5.41, 5.74) is 1.66. The topological polar surface area (TPSA) is 54.3 Å². The number of carbonyl (C=O) groups excluding carboxylic acids is 2. The summed E-state index contributed by atoms with van der Waals surface area (Å²) in [4.78, 5) is 26.8. The average Bonchev–Trinajstić information content (AvgIpc) is 3.03. The average molecular weight is 421 g/mol. The molecule has 0 aliphatic carbocycles. The molecule has 2 aromatic carbocycles. The standard InChI is InChI=1S/C23H20FN3O2S/c1-14(2)12-26-13-15(16-7-3-5-9-19(16)26)11-17-21(28)25-23(30)27(22(17)29)20-10-6-4-8-18(20)24/h3-11,13-14H,12H2,1-2H3,(H,25,28,30)/b17-11-. The summed E-state index contributed by atoms with van der Waals surface area (Å²) in [7, 11) is 0. The van der Waals surface area contributed by atoms with E-state index in [-0.39, 0.29) is 16.4 Å². The van der Waals surface area contributed by atoms with Gasteiger partial charge in [0.15, 0.2) is 5.11 Å². The highest BCUT2D eigenvalue weighted by Gasteiger charge is 2.35. The molecular weight excluding hydrogens is 401 g/mol. The van der Waals surface area contributed by atoms with Gasteiger partial charge in [-0.15, -0.1) is 0 Å². The number of thiocarbonyl (C=S) groups is 1. The Kier molecular flexibility index (Phi) is 5.22. The monoisotopic (exact) mass is 421 g/mol. The van der Waals surface area contributed by atoms with Crippen molar-refractivity contribution in [3.8, 4) is 0 Å². The predicted molar refractivity (Wildman–Crippen MR) is 119 cm³/mol. The van der Waals surface area contributed by atoms with Crippen LogP contribution in [0.3, 0.4) is 0 Å². The van der Waals surface area contributed by atoms with Crippen molar-refractivity contribution in [3.63, 3.8) is 0 Å². The van der Waals surface area contributed by atoms with Crippen molar-refractivity contribution in [2.45, 2.75) is 20.4 Å². The summed E-state index contributed by atoms with van der Waals surface area (Å²) in [5, 5.41) is 3.28. The number of aromatic nitrogens is 1. The zero-order valence-corrected chi connectivity index (χ0v) is 17.4. The second-order valence-electron chi connectivity index (χ2n) is 7.56. The Hall–Kier alpha value is -3.32. The Morgan fingerprint density at radius 2 is 1.80 bits per heavy atom. The molecule has 0 radical (unpaired) electrons. The lowest BCUT2D eigenvalue weighted by atomic mass is 10.1. The van der Waals surface area contributed by atoms with Crippen molar-refractivity contribution >= 4 is 51.8 Å². The highest BCUT2D eigenvalue weighted by molar-refractivity contribution is 7.80. The molecule has 152 valence electrons. The van der Waals surface area contributed by atoms with Crippen molar-refractivity contribution in [1.82, 2.24) is 9.88 Å². The van der Waals surface area contributed by atoms with Crippen LogP contribution in [0.4, 0.5) is 10.1 Å². The first-order chi connectivity index (χ1) is 14.4. The Morgan fingerprint density at radius 3 is 2.53 bits per heavy atom. The molecule has 0 atom stereocenters. The van der Waals surface area contributed by atoms with E-state index < -0.39 is 17.6 Å². The van der Waals surface area contributed by atoms with Crippen LogP contribution in [-0.4, -0.2) is 21.5 Å². The number of anilines is 1. The minimum Gasteiger partial charge on any atom is -0.347 e. The van der Waals surface area contributed by atoms with Crippen LogP contribution in [0.5, 0.6) is 0 Å². The molecule has 1 aromatic heterocycles. The minimum absolute atomic E-state index is 0.000589. The third-order valence-corrected chi connectivity index (χ3v) is 5.16. The Bertz CT molecular complexity index is 1210. The lowest BCUT2D eigenvalue weighted by Crippen LogP contribution is -2.54. The van der Waals surface area contributed by atoms with Crippen LogP contribution in [0.25, 0.3) is 17.0 Å². The normalized spacial score (nSPS) is 16.1. The number of nitrogens with zero attached hydrogens (tertiary/aromatic N) is 2. The first-order valence-corrected chi connectivity index (χ1v) is 10.0. The number of halogens is 1. The smallest absolute Gasteiger partial charge is 0.270 e. The largest absolute Gasteiger partial charge is 0.347 e. The molecule has 3 aromatic rings. The first kappa shape index (κ1) is 20.0. The summed E-state index contributed by atoms with van der Waals surface area (Å²) in [6.45, 7) is 5.05. The highest BCUT2D eigenvalue weighted by Crippen LogP contribution is 2.28. The Morgan fingerprint density at radius 1 is 1.10 bits per heavy atom. The van der Waals surface area contributed by atoms with E-state index in [1.807, 2.05) is 30.5 Å². The molecule has 1 fully saturated rings. The number of rotatable bonds is 4. The maximum atomic E-state index is 14.3. The van der Waals surface area contributed by atoms with E-state index in [0.717, 1.165) is 27.9 Å². The molecule has 0 unspecified atom stereocenters. The number of benzene rings is 2. The fraction of sp³-hybridized carbons (Fsp3) is 0.174. The Balaban J connectivity index is 1.81. The molecule has 5 nitrogen and oxygen atoms in total. The summed E-state index contributed by atoms with van der Waals surface area (Å²) in [5.74, 6) is -1.43. The fourth-order valence-electron chi connectivity index (χ4n) is 3.60. The molecule has 30 heavy (non-hydrogen) atoms. The van der Waals surface area contributed by atoms with Crippen LogP contribution in [-0.2, 0) is 16.1 Å². The number of nitrogens with one attached hydrogen (secondary N) is 1. The molecule has 1 N–H and O–H groups in total. The maximum absolute atomic E-state index is 14.3. The highest BCUT2D eigenvalue weighted by atomic mass is 32.1. The van der Waals surface area contributed by atoms with Crippen LogP contribution >= 0.6 is 12.2 Å². The van der Waals surface area contributed by atoms with Crippen molar-refractivity contribution < 1.29 is 14.0 Å². The van der Waals surface area contributed by atoms with E-state index >= 15 is 0 Å². The number of hydrogen-bond donors (Lipinski definition) is 1. The molecule has 7 heteroatoms. The van der Waals surface area contributed by atoms with E-state index in [9.17, 15) is 14.0 Å². The van der Waals surface area contributed by atoms with Gasteiger partial charge >= 0.3 is 0 Å². The van der Waals surface area contributed by atoms with Crippen LogP contribution < -0.4 is 10.2 Å². The molecule has 1 saturated heterocycles. The maximum Gasteiger partial charge on any atom is 0.270 e. The van der Waals surface area contributed by atoms with Gasteiger partial charge in [-0.3, -0.25) is 14.9 Å². The summed E-state index contributed by atoms with van der Waals surface area (Å²) in [6.07, 6.45) is 3.48. The SMILES string of the molecule is CC(C)Cn1cc(/C=C2/C(=O)NC(=S)N(c3ccccc3F)C2=O)c2ccccc21. The number of carbonyl (C=O) groups is 2. The van der Waals surface area contributed by atoms with E-state index in [1.165, 1.54) is 18.2 Å². The molecule has 1 aliphatic rings. The molecule has 2 amide bonds. The Labute approximate surface area is 178 Å². The summed E-state index contributed by atoms with van der Waals surface area (Å²) in [6, 6.07) is 13.6. The third-order valence-electron chi connectivity index (χ3n) is 4.88. The van der Waals surface area contributed by atoms with Gasteiger partial charge in [0.1, 0.15) is 11.4 Å². The second kappa shape index (κ2) is 7.84. The molecule has 2 heterocycles. The zero-order valence-electron chi connectivity index (χ0n) is 16.6. The molecule has 0 spiro atoms. The van der Waals surface area contributed by atoms with E-state index in [0.29, 0.717) is 5.92 Å². The van der Waals surface area contributed by atoms with Gasteiger partial charge in [0.05, 0.1) is 5.69 Å². The lowest BCUT2D eigenvalue weighted by molar-refractivity contribution is -0.122. The number of fused-ring (bicyclic) bond motifs is 1. The first-order valence-electron chi connectivity index (χ1n) is 9.60. The lowest BCUT2D eigenvalue weighted by Gasteiger charge is -2.29. The molecular formula is C23H20FN3O2S. The fourth-order valence-corrected chi connectivity index (χ4v) is 3.87. The van der Waals surface area contributed by atoms with Crippen molar-refractivity contribution in [3.05, 3.63) is 71.7 Å². The quantitative estimate of drug-likeness (QED) is 0.389. The summed E-state index contributed by atoms with van der Waals surface area (Å²) >= 11 is 5.14. The van der Waals surface area contributed by atoms with E-state index in [2.05, 4.69) is 23.7 Å². The molecule has 4 rings (SSSR count). The van der Waals surface area contributed by atoms with Gasteiger partial charge in [-0.25, -0.2) is 9.29 Å². The van der Waals surface area contributed by atoms with Crippen molar-refractivity contribution in [2.24, 2.45) is 5.92 Å². The number of para-hydroxylation sites is 2. The summed E-state index contributed by atoms with van der Waals surface area (Å²) < 4.78 is 16.4. The van der Waals surface area contributed by atoms with Crippen LogP contribution in [0, 0.1) is 11.7 Å². The van der Waals surface area contributed by atoms with Gasteiger partial charge in [0.2, 0.25) is 0 Å². The molecule has 0 bridgehead atoms. The van der Waals surface area contributed by atoms with Gasteiger partial charge in [0, 0.05) is 29.2 Å².